The van der Waals surface area contributed by atoms with Crippen molar-refractivity contribution in [2.24, 2.45) is 0 Å². The van der Waals surface area contributed by atoms with Crippen LogP contribution in [0.4, 0.5) is 9.05 Å². The summed E-state index contributed by atoms with van der Waals surface area (Å²) in [6.45, 7) is -0.338. The van der Waals surface area contributed by atoms with Gasteiger partial charge >= 0.3 is 0 Å². The zero-order chi connectivity index (χ0) is 9.14. The van der Waals surface area contributed by atoms with Crippen LogP contribution in [-0.2, 0) is 14.6 Å². The van der Waals surface area contributed by atoms with Crippen LogP contribution in [0.1, 0.15) is 0 Å². The van der Waals surface area contributed by atoms with E-state index in [0.717, 1.165) is 0 Å². The Bertz CT molecular complexity index is 144. The maximum Gasteiger partial charge on any atom is 0.229 e. The van der Waals surface area contributed by atoms with E-state index in [1.807, 2.05) is 0 Å². The molecule has 0 radical (unpaired) electrons. The molecule has 7 heteroatoms. The summed E-state index contributed by atoms with van der Waals surface area (Å²) in [6.07, 6.45) is -6.19. The number of ether oxygens (including phenoxy) is 1. The van der Waals surface area contributed by atoms with Gasteiger partial charge in [0.2, 0.25) is 6.29 Å². The van der Waals surface area contributed by atoms with Gasteiger partial charge in [-0.05, 0) is 9.05 Å². The topological polar surface area (TPSA) is 68.2 Å². The van der Waals surface area contributed by atoms with E-state index in [9.17, 15) is 9.05 Å². The van der Waals surface area contributed by atoms with Gasteiger partial charge in [0.1, 0.15) is 12.2 Å². The minimum Gasteiger partial charge on any atom is -0.388 e. The van der Waals surface area contributed by atoms with Crippen LogP contribution in [0.25, 0.3) is 0 Å². The van der Waals surface area contributed by atoms with Gasteiger partial charge < -0.3 is 14.9 Å². The second-order valence-electron chi connectivity index (χ2n) is 2.40. The molecule has 0 aromatic heterocycles. The largest absolute Gasteiger partial charge is 0.388 e. The molecule has 72 valence electrons. The van der Waals surface area contributed by atoms with Crippen LogP contribution in [0.15, 0.2) is 0 Å². The van der Waals surface area contributed by atoms with Crippen molar-refractivity contribution >= 4 is 0 Å². The van der Waals surface area contributed by atoms with E-state index in [1.54, 1.807) is 0 Å². The van der Waals surface area contributed by atoms with Gasteiger partial charge in [-0.25, -0.2) is 0 Å². The third kappa shape index (κ3) is 1.70. The first-order valence-electron chi connectivity index (χ1n) is 3.23. The first kappa shape index (κ1) is 9.75. The van der Waals surface area contributed by atoms with Crippen molar-refractivity contribution in [1.82, 2.24) is 0 Å². The van der Waals surface area contributed by atoms with E-state index >= 15 is 0 Å². The molecule has 1 aliphatic rings. The first-order chi connectivity index (χ1) is 5.70. The Hall–Kier alpha value is -0.340. The van der Waals surface area contributed by atoms with E-state index in [0.29, 0.717) is 0 Å². The molecule has 4 atom stereocenters. The fraction of sp³-hybridized carbons (Fsp3) is 1.00. The number of hydrogen-bond donors (Lipinski definition) is 2. The minimum atomic E-state index is -1.67. The molecule has 1 fully saturated rings. The Morgan fingerprint density at radius 1 is 1.25 bits per heavy atom. The molecule has 0 spiro atoms. The van der Waals surface area contributed by atoms with Gasteiger partial charge in [0.25, 0.3) is 0 Å². The lowest BCUT2D eigenvalue weighted by Crippen LogP contribution is -2.53. The average Bonchev–Trinajstić information content (AvgIpc) is 2.09. The third-order valence-corrected chi connectivity index (χ3v) is 1.62. The fourth-order valence-corrected chi connectivity index (χ4v) is 0.938. The molecule has 1 heterocycles. The monoisotopic (exact) mass is 186 g/mol. The maximum absolute atomic E-state index is 11.6. The highest BCUT2D eigenvalue weighted by atomic mass is 19.3. The number of halogens is 2. The van der Waals surface area contributed by atoms with E-state index < -0.39 is 24.6 Å². The van der Waals surface area contributed by atoms with Crippen LogP contribution >= 0.6 is 0 Å². The minimum absolute atomic E-state index is 0.338. The summed E-state index contributed by atoms with van der Waals surface area (Å²) in [5.41, 5.74) is 0. The number of aliphatic hydroxyl groups is 2. The molecule has 0 amide bonds. The van der Waals surface area contributed by atoms with Gasteiger partial charge in [-0.2, -0.15) is 9.88 Å². The Balaban J connectivity index is 2.58. The SMILES string of the molecule is O[C@@H]1[C@H](O)COC(OF)[C@@H]1OF. The van der Waals surface area contributed by atoms with Crippen molar-refractivity contribution in [3.63, 3.8) is 0 Å². The maximum atomic E-state index is 11.6. The van der Waals surface area contributed by atoms with Gasteiger partial charge in [-0.15, -0.1) is 0 Å². The summed E-state index contributed by atoms with van der Waals surface area (Å²) < 4.78 is 27.6. The molecule has 0 saturated carbocycles. The van der Waals surface area contributed by atoms with Crippen LogP contribution < -0.4 is 0 Å². The summed E-state index contributed by atoms with van der Waals surface area (Å²) in [5, 5.41) is 17.9. The van der Waals surface area contributed by atoms with Crippen molar-refractivity contribution in [3.05, 3.63) is 0 Å². The predicted molar refractivity (Wildman–Crippen MR) is 29.9 cm³/mol. The second-order valence-corrected chi connectivity index (χ2v) is 2.40. The van der Waals surface area contributed by atoms with E-state index in [-0.39, 0.29) is 6.61 Å². The van der Waals surface area contributed by atoms with Gasteiger partial charge in [0.05, 0.1) is 6.61 Å². The summed E-state index contributed by atoms with van der Waals surface area (Å²) in [7, 11) is 0. The second kappa shape index (κ2) is 4.06. The molecule has 0 aromatic carbocycles. The summed E-state index contributed by atoms with van der Waals surface area (Å²) in [4.78, 5) is 6.33. The molecular formula is C5H8F2O5. The highest BCUT2D eigenvalue weighted by Crippen LogP contribution is 2.19. The molecule has 1 aliphatic heterocycles. The lowest BCUT2D eigenvalue weighted by molar-refractivity contribution is -0.379. The molecule has 12 heavy (non-hydrogen) atoms. The van der Waals surface area contributed by atoms with Crippen LogP contribution in [0.5, 0.6) is 0 Å². The normalized spacial score (nSPS) is 43.0. The van der Waals surface area contributed by atoms with Gasteiger partial charge in [-0.3, -0.25) is 0 Å². The van der Waals surface area contributed by atoms with Crippen molar-refractivity contribution in [2.45, 2.75) is 24.6 Å². The zero-order valence-corrected chi connectivity index (χ0v) is 5.89. The van der Waals surface area contributed by atoms with Crippen molar-refractivity contribution in [3.8, 4) is 0 Å². The highest BCUT2D eigenvalue weighted by molar-refractivity contribution is 4.82. The average molecular weight is 186 g/mol. The lowest BCUT2D eigenvalue weighted by atomic mass is 10.1. The van der Waals surface area contributed by atoms with Crippen LogP contribution in [0, 0.1) is 0 Å². The predicted octanol–water partition coefficient (Wildman–Crippen LogP) is -0.765. The molecule has 1 unspecified atom stereocenters. The highest BCUT2D eigenvalue weighted by Gasteiger charge is 2.42. The summed E-state index contributed by atoms with van der Waals surface area (Å²) in [6, 6.07) is 0. The van der Waals surface area contributed by atoms with Crippen LogP contribution in [0.3, 0.4) is 0 Å². The quantitative estimate of drug-likeness (QED) is 0.593. The lowest BCUT2D eigenvalue weighted by Gasteiger charge is -2.32. The molecule has 2 N–H and O–H groups in total. The smallest absolute Gasteiger partial charge is 0.229 e. The van der Waals surface area contributed by atoms with Gasteiger partial charge in [0.15, 0.2) is 6.10 Å². The molecule has 1 saturated heterocycles. The summed E-state index contributed by atoms with van der Waals surface area (Å²) in [5.74, 6) is 0. The Labute approximate surface area is 66.3 Å². The van der Waals surface area contributed by atoms with Crippen molar-refractivity contribution in [2.75, 3.05) is 6.61 Å². The third-order valence-electron chi connectivity index (χ3n) is 1.62. The van der Waals surface area contributed by atoms with Gasteiger partial charge in [-0.1, -0.05) is 0 Å². The van der Waals surface area contributed by atoms with Crippen molar-refractivity contribution < 1.29 is 33.9 Å². The molecule has 1 rings (SSSR count). The van der Waals surface area contributed by atoms with Crippen molar-refractivity contribution in [1.29, 1.82) is 0 Å². The Morgan fingerprint density at radius 2 is 1.92 bits per heavy atom. The zero-order valence-electron chi connectivity index (χ0n) is 5.89. The van der Waals surface area contributed by atoms with Crippen LogP contribution in [0.2, 0.25) is 0 Å². The van der Waals surface area contributed by atoms with Crippen LogP contribution in [-0.4, -0.2) is 41.4 Å². The molecule has 0 aliphatic carbocycles. The fourth-order valence-electron chi connectivity index (χ4n) is 0.938. The van der Waals surface area contributed by atoms with E-state index in [1.165, 1.54) is 0 Å². The Kier molecular flexibility index (Phi) is 3.29. The Morgan fingerprint density at radius 3 is 2.42 bits per heavy atom. The first-order valence-corrected chi connectivity index (χ1v) is 3.23. The standard InChI is InChI=1S/C5H8F2O5/c6-11-4-3(9)2(8)1-10-5(4)12-7/h2-5,8-9H,1H2/t2-,3-,4-,5?/m1/s1. The van der Waals surface area contributed by atoms with E-state index in [4.69, 9.17) is 10.2 Å². The number of rotatable bonds is 2. The molecule has 0 bridgehead atoms. The van der Waals surface area contributed by atoms with Gasteiger partial charge in [0, 0.05) is 0 Å². The molecule has 0 aromatic rings. The molecule has 5 nitrogen and oxygen atoms in total. The van der Waals surface area contributed by atoms with E-state index in [2.05, 4.69) is 14.6 Å². The molecular weight excluding hydrogens is 178 g/mol. The number of hydrogen-bond acceptors (Lipinski definition) is 5. The summed E-state index contributed by atoms with van der Waals surface area (Å²) >= 11 is 0. The number of aliphatic hydroxyl groups excluding tert-OH is 2.